The van der Waals surface area contributed by atoms with Crippen LogP contribution >= 0.6 is 11.6 Å². The molecule has 0 spiro atoms. The van der Waals surface area contributed by atoms with Gasteiger partial charge in [0, 0.05) is 29.3 Å². The van der Waals surface area contributed by atoms with Crippen molar-refractivity contribution in [1.82, 2.24) is 4.98 Å². The molecule has 0 atom stereocenters. The first kappa shape index (κ1) is 22.6. The lowest BCUT2D eigenvalue weighted by Gasteiger charge is -2.13. The Morgan fingerprint density at radius 3 is 2.45 bits per heavy atom. The minimum atomic E-state index is -3.55. The molecule has 0 radical (unpaired) electrons. The Labute approximate surface area is 195 Å². The highest BCUT2D eigenvalue weighted by atomic mass is 35.5. The van der Waals surface area contributed by atoms with Gasteiger partial charge < -0.3 is 5.32 Å². The second-order valence-electron chi connectivity index (χ2n) is 7.36. The number of pyridine rings is 1. The van der Waals surface area contributed by atoms with Crippen LogP contribution in [0.1, 0.15) is 10.4 Å². The van der Waals surface area contributed by atoms with Gasteiger partial charge in [0.15, 0.2) is 9.84 Å². The number of hydrogen-bond donors (Lipinski definition) is 1. The van der Waals surface area contributed by atoms with Gasteiger partial charge in [-0.15, -0.1) is 0 Å². The van der Waals surface area contributed by atoms with E-state index in [1.165, 1.54) is 36.4 Å². The predicted octanol–water partition coefficient (Wildman–Crippen LogP) is 5.86. The van der Waals surface area contributed by atoms with Crippen molar-refractivity contribution in [3.05, 3.63) is 101 Å². The van der Waals surface area contributed by atoms with Crippen LogP contribution in [0.15, 0.2) is 90.0 Å². The van der Waals surface area contributed by atoms with E-state index < -0.39 is 21.6 Å². The summed E-state index contributed by atoms with van der Waals surface area (Å²) in [7, 11) is -3.55. The van der Waals surface area contributed by atoms with Gasteiger partial charge in [-0.25, -0.2) is 12.8 Å². The molecule has 1 heterocycles. The third kappa shape index (κ3) is 5.10. The number of hydrogen-bond acceptors (Lipinski definition) is 4. The molecule has 1 N–H and O–H groups in total. The fraction of sp³-hybridized carbons (Fsp3) is 0.0400. The fourth-order valence-electron chi connectivity index (χ4n) is 3.34. The van der Waals surface area contributed by atoms with Crippen LogP contribution in [-0.4, -0.2) is 25.6 Å². The van der Waals surface area contributed by atoms with Gasteiger partial charge in [-0.3, -0.25) is 9.78 Å². The molecule has 0 aliphatic heterocycles. The summed E-state index contributed by atoms with van der Waals surface area (Å²) in [5, 5.41) is 2.75. The Kier molecular flexibility index (Phi) is 6.26. The van der Waals surface area contributed by atoms with Crippen molar-refractivity contribution in [2.45, 2.75) is 4.90 Å². The smallest absolute Gasteiger partial charge is 0.256 e. The summed E-state index contributed by atoms with van der Waals surface area (Å²) in [6.07, 6.45) is 2.75. The van der Waals surface area contributed by atoms with Crippen molar-refractivity contribution in [3.8, 4) is 22.4 Å². The van der Waals surface area contributed by atoms with Gasteiger partial charge in [0.25, 0.3) is 5.91 Å². The van der Waals surface area contributed by atoms with Crippen molar-refractivity contribution < 1.29 is 17.6 Å². The van der Waals surface area contributed by atoms with Crippen LogP contribution in [0.3, 0.4) is 0 Å². The lowest BCUT2D eigenvalue weighted by molar-refractivity contribution is 0.102. The Morgan fingerprint density at radius 2 is 1.76 bits per heavy atom. The maximum atomic E-state index is 14.1. The zero-order chi connectivity index (χ0) is 23.6. The standard InChI is InChI=1S/C25H18ClFN2O3S/c1-33(31,32)19-9-10-20(21(15-19)16-8-11-22(26)23(27)14-16)25(30)29-18-6-4-5-17(13-18)24-7-2-3-12-28-24/h2-15H,1H3,(H,29,30). The van der Waals surface area contributed by atoms with Gasteiger partial charge in [-0.05, 0) is 65.7 Å². The number of halogens is 2. The molecule has 166 valence electrons. The molecule has 33 heavy (non-hydrogen) atoms. The van der Waals surface area contributed by atoms with Crippen molar-refractivity contribution in [3.63, 3.8) is 0 Å². The van der Waals surface area contributed by atoms with Gasteiger partial charge in [-0.1, -0.05) is 35.9 Å². The second-order valence-corrected chi connectivity index (χ2v) is 9.78. The summed E-state index contributed by atoms with van der Waals surface area (Å²) >= 11 is 5.79. The molecule has 0 fully saturated rings. The van der Waals surface area contributed by atoms with Crippen LogP contribution in [0.2, 0.25) is 5.02 Å². The zero-order valence-corrected chi connectivity index (χ0v) is 19.0. The first-order valence-corrected chi connectivity index (χ1v) is 12.1. The lowest BCUT2D eigenvalue weighted by Crippen LogP contribution is -2.14. The Morgan fingerprint density at radius 1 is 0.939 bits per heavy atom. The van der Waals surface area contributed by atoms with E-state index in [0.717, 1.165) is 17.5 Å². The maximum absolute atomic E-state index is 14.1. The maximum Gasteiger partial charge on any atom is 0.256 e. The number of aromatic nitrogens is 1. The van der Waals surface area contributed by atoms with Crippen molar-refractivity contribution in [2.75, 3.05) is 11.6 Å². The molecule has 5 nitrogen and oxygen atoms in total. The monoisotopic (exact) mass is 480 g/mol. The number of anilines is 1. The molecule has 1 aromatic heterocycles. The van der Waals surface area contributed by atoms with E-state index in [0.29, 0.717) is 11.3 Å². The molecule has 1 amide bonds. The molecule has 8 heteroatoms. The van der Waals surface area contributed by atoms with E-state index in [1.807, 2.05) is 24.3 Å². The highest BCUT2D eigenvalue weighted by Crippen LogP contribution is 2.30. The topological polar surface area (TPSA) is 76.1 Å². The Bertz CT molecular complexity index is 1460. The number of nitrogens with one attached hydrogen (secondary N) is 1. The van der Waals surface area contributed by atoms with Crippen LogP contribution in [-0.2, 0) is 9.84 Å². The second kappa shape index (κ2) is 9.13. The molecule has 4 rings (SSSR count). The van der Waals surface area contributed by atoms with Gasteiger partial charge in [-0.2, -0.15) is 0 Å². The number of amides is 1. The van der Waals surface area contributed by atoms with Gasteiger partial charge >= 0.3 is 0 Å². The highest BCUT2D eigenvalue weighted by Gasteiger charge is 2.18. The number of sulfone groups is 1. The molecular formula is C25H18ClFN2O3S. The number of nitrogens with zero attached hydrogens (tertiary/aromatic N) is 1. The summed E-state index contributed by atoms with van der Waals surface area (Å²) in [5.74, 6) is -1.15. The highest BCUT2D eigenvalue weighted by molar-refractivity contribution is 7.90. The molecule has 0 aliphatic carbocycles. The summed E-state index contributed by atoms with van der Waals surface area (Å²) in [4.78, 5) is 17.5. The summed E-state index contributed by atoms with van der Waals surface area (Å²) in [6, 6.07) is 20.9. The number of benzene rings is 3. The first-order valence-electron chi connectivity index (χ1n) is 9.85. The molecule has 0 saturated carbocycles. The normalized spacial score (nSPS) is 11.2. The van der Waals surface area contributed by atoms with Crippen molar-refractivity contribution in [1.29, 1.82) is 0 Å². The Hall–Kier alpha value is -3.55. The third-order valence-electron chi connectivity index (χ3n) is 4.98. The molecule has 0 unspecified atom stereocenters. The Balaban J connectivity index is 1.74. The lowest BCUT2D eigenvalue weighted by atomic mass is 9.99. The zero-order valence-electron chi connectivity index (χ0n) is 17.4. The largest absolute Gasteiger partial charge is 0.322 e. The van der Waals surface area contributed by atoms with Crippen LogP contribution in [0.4, 0.5) is 10.1 Å². The van der Waals surface area contributed by atoms with E-state index in [4.69, 9.17) is 11.6 Å². The van der Waals surface area contributed by atoms with E-state index in [-0.39, 0.29) is 21.0 Å². The quantitative estimate of drug-likeness (QED) is 0.388. The minimum absolute atomic E-state index is 0.0153. The third-order valence-corrected chi connectivity index (χ3v) is 6.39. The summed E-state index contributed by atoms with van der Waals surface area (Å²) in [6.45, 7) is 0. The molecule has 3 aromatic carbocycles. The molecule has 4 aromatic rings. The van der Waals surface area contributed by atoms with E-state index in [2.05, 4.69) is 10.3 Å². The van der Waals surface area contributed by atoms with E-state index >= 15 is 0 Å². The number of carbonyl (C=O) groups excluding carboxylic acids is 1. The number of carbonyl (C=O) groups is 1. The molecule has 0 saturated heterocycles. The van der Waals surface area contributed by atoms with Gasteiger partial charge in [0.2, 0.25) is 0 Å². The molecule has 0 aliphatic rings. The summed E-state index contributed by atoms with van der Waals surface area (Å²) < 4.78 is 38.3. The SMILES string of the molecule is CS(=O)(=O)c1ccc(C(=O)Nc2cccc(-c3ccccn3)c2)c(-c2ccc(Cl)c(F)c2)c1. The van der Waals surface area contributed by atoms with Crippen LogP contribution in [0, 0.1) is 5.82 Å². The number of rotatable bonds is 5. The van der Waals surface area contributed by atoms with Crippen LogP contribution in [0.5, 0.6) is 0 Å². The van der Waals surface area contributed by atoms with E-state index in [9.17, 15) is 17.6 Å². The summed E-state index contributed by atoms with van der Waals surface area (Å²) in [5.41, 5.74) is 2.89. The van der Waals surface area contributed by atoms with Gasteiger partial charge in [0.1, 0.15) is 5.82 Å². The predicted molar refractivity (Wildman–Crippen MR) is 128 cm³/mol. The first-order chi connectivity index (χ1) is 15.7. The van der Waals surface area contributed by atoms with Gasteiger partial charge in [0.05, 0.1) is 15.6 Å². The van der Waals surface area contributed by atoms with Crippen molar-refractivity contribution >= 4 is 33.0 Å². The minimum Gasteiger partial charge on any atom is -0.322 e. The van der Waals surface area contributed by atoms with Crippen molar-refractivity contribution in [2.24, 2.45) is 0 Å². The van der Waals surface area contributed by atoms with Crippen LogP contribution in [0.25, 0.3) is 22.4 Å². The molecular weight excluding hydrogens is 463 g/mol. The fourth-order valence-corrected chi connectivity index (χ4v) is 4.11. The van der Waals surface area contributed by atoms with E-state index in [1.54, 1.807) is 24.4 Å². The van der Waals surface area contributed by atoms with Crippen LogP contribution < -0.4 is 5.32 Å². The average Bonchev–Trinajstić information content (AvgIpc) is 2.80. The molecule has 0 bridgehead atoms. The average molecular weight is 481 g/mol.